The lowest BCUT2D eigenvalue weighted by Crippen LogP contribution is -2.27. The summed E-state index contributed by atoms with van der Waals surface area (Å²) < 4.78 is 5.95. The number of carbonyl (C=O) groups excluding carboxylic acids is 2. The summed E-state index contributed by atoms with van der Waals surface area (Å²) in [5.41, 5.74) is 0.584. The maximum Gasteiger partial charge on any atom is 0.414 e. The first-order chi connectivity index (χ1) is 11.7. The van der Waals surface area contributed by atoms with E-state index in [-0.39, 0.29) is 11.9 Å². The van der Waals surface area contributed by atoms with E-state index in [0.29, 0.717) is 17.9 Å². The molecule has 0 aliphatic carbocycles. The number of imidazole rings is 1. The van der Waals surface area contributed by atoms with E-state index >= 15 is 0 Å². The Labute approximate surface area is 153 Å². The van der Waals surface area contributed by atoms with Gasteiger partial charge in [-0.1, -0.05) is 6.08 Å². The van der Waals surface area contributed by atoms with Gasteiger partial charge in [0.05, 0.1) is 11.9 Å². The molecule has 0 spiro atoms. The minimum absolute atomic E-state index is 0.202. The third-order valence-electron chi connectivity index (χ3n) is 2.79. The number of nitrogens with one attached hydrogen (secondary N) is 4. The van der Waals surface area contributed by atoms with Crippen LogP contribution in [0.4, 0.5) is 10.7 Å². The van der Waals surface area contributed by atoms with Crippen LogP contribution >= 0.6 is 15.9 Å². The van der Waals surface area contributed by atoms with Crippen molar-refractivity contribution in [2.45, 2.75) is 26.4 Å². The van der Waals surface area contributed by atoms with Crippen molar-refractivity contribution >= 4 is 40.0 Å². The van der Waals surface area contributed by atoms with Crippen LogP contribution in [0.25, 0.3) is 6.08 Å². The molecule has 4 N–H and O–H groups in total. The largest absolute Gasteiger partial charge is 0.444 e. The summed E-state index contributed by atoms with van der Waals surface area (Å²) in [6.07, 6.45) is 6.18. The second-order valence-corrected chi connectivity index (χ2v) is 7.07. The second-order valence-electron chi connectivity index (χ2n) is 6.16. The van der Waals surface area contributed by atoms with Gasteiger partial charge in [-0.3, -0.25) is 10.1 Å². The van der Waals surface area contributed by atoms with Crippen molar-refractivity contribution in [3.63, 3.8) is 0 Å². The molecule has 0 radical (unpaired) electrons. The number of halogens is 1. The van der Waals surface area contributed by atoms with Gasteiger partial charge in [0.1, 0.15) is 11.3 Å². The number of H-pyrrole nitrogens is 2. The molecule has 8 nitrogen and oxygen atoms in total. The summed E-state index contributed by atoms with van der Waals surface area (Å²) in [5, 5.41) is 5.26. The van der Waals surface area contributed by atoms with Gasteiger partial charge in [0.15, 0.2) is 0 Å². The molecular formula is C16H20BrN5O3. The van der Waals surface area contributed by atoms with Crippen molar-refractivity contribution in [3.8, 4) is 0 Å². The smallest absolute Gasteiger partial charge is 0.414 e. The van der Waals surface area contributed by atoms with Gasteiger partial charge in [-0.25, -0.2) is 9.78 Å². The normalized spacial score (nSPS) is 11.5. The van der Waals surface area contributed by atoms with E-state index < -0.39 is 11.7 Å². The third-order valence-corrected chi connectivity index (χ3v) is 3.24. The zero-order valence-electron chi connectivity index (χ0n) is 14.1. The summed E-state index contributed by atoms with van der Waals surface area (Å²) in [5.74, 6) is 0.0846. The minimum Gasteiger partial charge on any atom is -0.444 e. The number of hydrogen-bond acceptors (Lipinski definition) is 4. The highest BCUT2D eigenvalue weighted by molar-refractivity contribution is 9.10. The van der Waals surface area contributed by atoms with Crippen molar-refractivity contribution in [3.05, 3.63) is 40.4 Å². The standard InChI is InChI=1S/C16H20BrN5O3/c1-16(2,3)25-15(24)22-14-20-9-11(21-14)5-4-6-18-13(23)12-7-10(17)8-19-12/h4-5,7-9,19H,6H2,1-3H3,(H,18,23)(H2,20,21,22,24)/b5-4+. The van der Waals surface area contributed by atoms with Crippen molar-refractivity contribution in [1.29, 1.82) is 0 Å². The highest BCUT2D eigenvalue weighted by Gasteiger charge is 2.16. The lowest BCUT2D eigenvalue weighted by Gasteiger charge is -2.18. The topological polar surface area (TPSA) is 112 Å². The van der Waals surface area contributed by atoms with Gasteiger partial charge in [0.25, 0.3) is 5.91 Å². The Hall–Kier alpha value is -2.55. The highest BCUT2D eigenvalue weighted by atomic mass is 79.9. The molecule has 0 saturated heterocycles. The van der Waals surface area contributed by atoms with Gasteiger partial charge < -0.3 is 20.0 Å². The van der Waals surface area contributed by atoms with Crippen molar-refractivity contribution < 1.29 is 14.3 Å². The molecule has 134 valence electrons. The molecule has 0 saturated carbocycles. The molecule has 0 aliphatic heterocycles. The SMILES string of the molecule is CC(C)(C)OC(=O)Nc1ncc(/C=C/CNC(=O)c2cc(Br)c[nH]2)[nH]1. The summed E-state index contributed by atoms with van der Waals surface area (Å²) in [7, 11) is 0. The molecule has 9 heteroatoms. The molecule has 0 bridgehead atoms. The van der Waals surface area contributed by atoms with Gasteiger partial charge in [0, 0.05) is 17.2 Å². The number of carbonyl (C=O) groups is 2. The van der Waals surface area contributed by atoms with Crippen molar-refractivity contribution in [2.75, 3.05) is 11.9 Å². The number of aromatic nitrogens is 3. The quantitative estimate of drug-likeness (QED) is 0.606. The summed E-state index contributed by atoms with van der Waals surface area (Å²) in [6.45, 7) is 5.69. The fourth-order valence-electron chi connectivity index (χ4n) is 1.82. The van der Waals surface area contributed by atoms with Crippen LogP contribution in [0, 0.1) is 0 Å². The molecule has 0 unspecified atom stereocenters. The number of rotatable bonds is 5. The van der Waals surface area contributed by atoms with E-state index in [2.05, 4.69) is 41.5 Å². The monoisotopic (exact) mass is 409 g/mol. The third kappa shape index (κ3) is 6.46. The Morgan fingerprint density at radius 1 is 1.40 bits per heavy atom. The Bertz CT molecular complexity index is 773. The molecule has 0 atom stereocenters. The van der Waals surface area contributed by atoms with E-state index in [0.717, 1.165) is 4.47 Å². The molecule has 0 aliphatic rings. The lowest BCUT2D eigenvalue weighted by molar-refractivity contribution is 0.0634. The zero-order valence-corrected chi connectivity index (χ0v) is 15.7. The summed E-state index contributed by atoms with van der Waals surface area (Å²) in [4.78, 5) is 33.3. The first-order valence-electron chi connectivity index (χ1n) is 7.56. The molecule has 25 heavy (non-hydrogen) atoms. The maximum absolute atomic E-state index is 11.8. The fraction of sp³-hybridized carbons (Fsp3) is 0.312. The van der Waals surface area contributed by atoms with Gasteiger partial charge in [0.2, 0.25) is 5.95 Å². The average molecular weight is 410 g/mol. The maximum atomic E-state index is 11.8. The van der Waals surface area contributed by atoms with Crippen LogP contribution < -0.4 is 10.6 Å². The number of ether oxygens (including phenoxy) is 1. The number of nitrogens with zero attached hydrogens (tertiary/aromatic N) is 1. The molecule has 0 fully saturated rings. The predicted octanol–water partition coefficient (Wildman–Crippen LogP) is 3.29. The lowest BCUT2D eigenvalue weighted by atomic mass is 10.2. The molecule has 2 rings (SSSR count). The van der Waals surface area contributed by atoms with E-state index in [9.17, 15) is 9.59 Å². The first kappa shape index (κ1) is 18.8. The molecule has 2 amide bonds. The van der Waals surface area contributed by atoms with Gasteiger partial charge in [-0.2, -0.15) is 0 Å². The summed E-state index contributed by atoms with van der Waals surface area (Å²) >= 11 is 3.27. The van der Waals surface area contributed by atoms with Crippen LogP contribution in [0.2, 0.25) is 0 Å². The number of anilines is 1. The van der Waals surface area contributed by atoms with Crippen LogP contribution in [0.3, 0.4) is 0 Å². The van der Waals surface area contributed by atoms with E-state index in [1.54, 1.807) is 51.4 Å². The molecule has 0 aromatic carbocycles. The van der Waals surface area contributed by atoms with Crippen LogP contribution in [0.1, 0.15) is 37.0 Å². The predicted molar refractivity (Wildman–Crippen MR) is 98.3 cm³/mol. The van der Waals surface area contributed by atoms with Crippen molar-refractivity contribution in [1.82, 2.24) is 20.3 Å². The van der Waals surface area contributed by atoms with Gasteiger partial charge in [-0.15, -0.1) is 0 Å². The van der Waals surface area contributed by atoms with Crippen LogP contribution in [-0.4, -0.2) is 39.1 Å². The molecule has 2 heterocycles. The fourth-order valence-corrected chi connectivity index (χ4v) is 2.16. The Kier molecular flexibility index (Phi) is 6.02. The molecule has 2 aromatic rings. The van der Waals surface area contributed by atoms with E-state index in [4.69, 9.17) is 4.74 Å². The van der Waals surface area contributed by atoms with Gasteiger partial charge in [-0.05, 0) is 48.8 Å². The number of amides is 2. The number of aromatic amines is 2. The van der Waals surface area contributed by atoms with Crippen LogP contribution in [0.5, 0.6) is 0 Å². The first-order valence-corrected chi connectivity index (χ1v) is 8.36. The van der Waals surface area contributed by atoms with E-state index in [1.165, 1.54) is 0 Å². The Morgan fingerprint density at radius 2 is 2.16 bits per heavy atom. The van der Waals surface area contributed by atoms with Crippen LogP contribution in [0.15, 0.2) is 29.0 Å². The Balaban J connectivity index is 1.79. The van der Waals surface area contributed by atoms with E-state index in [1.807, 2.05) is 0 Å². The van der Waals surface area contributed by atoms with Crippen molar-refractivity contribution in [2.24, 2.45) is 0 Å². The average Bonchev–Trinajstić information content (AvgIpc) is 3.10. The van der Waals surface area contributed by atoms with Gasteiger partial charge >= 0.3 is 6.09 Å². The molecular weight excluding hydrogens is 390 g/mol. The Morgan fingerprint density at radius 3 is 2.80 bits per heavy atom. The minimum atomic E-state index is -0.582. The zero-order chi connectivity index (χ0) is 18.4. The van der Waals surface area contributed by atoms with Crippen LogP contribution in [-0.2, 0) is 4.74 Å². The summed E-state index contributed by atoms with van der Waals surface area (Å²) in [6, 6.07) is 1.70. The number of hydrogen-bond donors (Lipinski definition) is 4. The second kappa shape index (κ2) is 8.02. The molecule has 2 aromatic heterocycles. The highest BCUT2D eigenvalue weighted by Crippen LogP contribution is 2.11.